The van der Waals surface area contributed by atoms with Crippen molar-refractivity contribution in [1.82, 2.24) is 4.98 Å². The third-order valence-electron chi connectivity index (χ3n) is 2.48. The van der Waals surface area contributed by atoms with Crippen molar-refractivity contribution in [3.05, 3.63) is 58.4 Å². The first-order chi connectivity index (χ1) is 9.22. The topological polar surface area (TPSA) is 45.9 Å². The van der Waals surface area contributed by atoms with E-state index in [9.17, 15) is 0 Å². The molecule has 0 spiro atoms. The van der Waals surface area contributed by atoms with Gasteiger partial charge < -0.3 is 4.74 Å². The van der Waals surface area contributed by atoms with Gasteiger partial charge in [0.2, 0.25) is 0 Å². The van der Waals surface area contributed by atoms with Crippen molar-refractivity contribution in [2.24, 2.45) is 0 Å². The Morgan fingerprint density at radius 3 is 2.74 bits per heavy atom. The van der Waals surface area contributed by atoms with Crippen LogP contribution in [0.3, 0.4) is 0 Å². The second kappa shape index (κ2) is 6.42. The number of pyridine rings is 1. The first-order valence-electron chi connectivity index (χ1n) is 5.55. The van der Waals surface area contributed by atoms with Gasteiger partial charge in [-0.2, -0.15) is 5.26 Å². The molecule has 0 saturated carbocycles. The van der Waals surface area contributed by atoms with Gasteiger partial charge in [-0.1, -0.05) is 17.7 Å². The number of benzene rings is 1. The predicted octanol–water partition coefficient (Wildman–Crippen LogP) is 3.92. The van der Waals surface area contributed by atoms with Crippen LogP contribution in [0.25, 0.3) is 0 Å². The Bertz CT molecular complexity index is 623. The van der Waals surface area contributed by atoms with Crippen LogP contribution in [0.1, 0.15) is 16.8 Å². The molecule has 0 atom stereocenters. The van der Waals surface area contributed by atoms with Crippen LogP contribution in [0.4, 0.5) is 0 Å². The number of ether oxygens (including phenoxy) is 1. The van der Waals surface area contributed by atoms with Crippen molar-refractivity contribution in [3.8, 4) is 11.8 Å². The van der Waals surface area contributed by atoms with Crippen molar-refractivity contribution in [3.63, 3.8) is 0 Å². The summed E-state index contributed by atoms with van der Waals surface area (Å²) < 4.78 is 5.61. The van der Waals surface area contributed by atoms with E-state index in [4.69, 9.17) is 33.2 Å². The fraction of sp³-hybridized carbons (Fsp3) is 0.143. The van der Waals surface area contributed by atoms with Crippen LogP contribution in [0.15, 0.2) is 36.5 Å². The minimum Gasteiger partial charge on any atom is -0.487 e. The molecule has 0 radical (unpaired) electrons. The average molecular weight is 293 g/mol. The van der Waals surface area contributed by atoms with E-state index in [0.717, 1.165) is 11.1 Å². The number of hydrogen-bond acceptors (Lipinski definition) is 3. The minimum atomic E-state index is 0.330. The fourth-order valence-electron chi connectivity index (χ4n) is 1.53. The van der Waals surface area contributed by atoms with Crippen LogP contribution in [0, 0.1) is 11.3 Å². The third-order valence-corrected chi connectivity index (χ3v) is 3.09. The van der Waals surface area contributed by atoms with Gasteiger partial charge >= 0.3 is 0 Å². The van der Waals surface area contributed by atoms with Crippen molar-refractivity contribution in [1.29, 1.82) is 5.26 Å². The maximum atomic E-state index is 8.76. The van der Waals surface area contributed by atoms with E-state index in [1.165, 1.54) is 0 Å². The molecule has 0 unspecified atom stereocenters. The Balaban J connectivity index is 2.08. The second-order valence-corrected chi connectivity index (χ2v) is 4.52. The van der Waals surface area contributed by atoms with Gasteiger partial charge in [-0.3, -0.25) is 0 Å². The highest BCUT2D eigenvalue weighted by atomic mass is 35.5. The lowest BCUT2D eigenvalue weighted by molar-refractivity contribution is 0.306. The third kappa shape index (κ3) is 3.60. The lowest BCUT2D eigenvalue weighted by atomic mass is 10.2. The smallest absolute Gasteiger partial charge is 0.140 e. The standard InChI is InChI=1S/C14H10Cl2N2O/c15-7-10-1-2-14(13(16)6-10)19-9-11-3-4-18-12(5-11)8-17/h1-6H,7,9H2. The van der Waals surface area contributed by atoms with E-state index in [-0.39, 0.29) is 0 Å². The zero-order valence-corrected chi connectivity index (χ0v) is 11.4. The van der Waals surface area contributed by atoms with Gasteiger partial charge in [-0.05, 0) is 35.4 Å². The van der Waals surface area contributed by atoms with Gasteiger partial charge in [-0.15, -0.1) is 11.6 Å². The molecule has 0 bridgehead atoms. The molecule has 0 amide bonds. The molecule has 1 heterocycles. The van der Waals surface area contributed by atoms with Gasteiger partial charge in [0.25, 0.3) is 0 Å². The monoisotopic (exact) mass is 292 g/mol. The average Bonchev–Trinajstić information content (AvgIpc) is 2.46. The van der Waals surface area contributed by atoms with Gasteiger partial charge in [0.1, 0.15) is 24.1 Å². The fourth-order valence-corrected chi connectivity index (χ4v) is 1.95. The highest BCUT2D eigenvalue weighted by Crippen LogP contribution is 2.26. The molecule has 1 aromatic carbocycles. The van der Waals surface area contributed by atoms with Gasteiger partial charge in [0.05, 0.1) is 5.02 Å². The van der Waals surface area contributed by atoms with Gasteiger partial charge in [0, 0.05) is 12.1 Å². The van der Waals surface area contributed by atoms with E-state index in [1.54, 1.807) is 30.5 Å². The number of aromatic nitrogens is 1. The maximum absolute atomic E-state index is 8.76. The van der Waals surface area contributed by atoms with Crippen LogP contribution in [-0.2, 0) is 12.5 Å². The number of halogens is 2. The molecule has 2 rings (SSSR count). The van der Waals surface area contributed by atoms with E-state index < -0.39 is 0 Å². The molecule has 5 heteroatoms. The summed E-state index contributed by atoms with van der Waals surface area (Å²) in [4.78, 5) is 3.90. The Hall–Kier alpha value is -1.76. The molecular formula is C14H10Cl2N2O. The first kappa shape index (κ1) is 13.7. The molecule has 3 nitrogen and oxygen atoms in total. The number of alkyl halides is 1. The van der Waals surface area contributed by atoms with Crippen LogP contribution in [-0.4, -0.2) is 4.98 Å². The number of nitrogens with zero attached hydrogens (tertiary/aromatic N) is 2. The molecule has 1 aromatic heterocycles. The van der Waals surface area contributed by atoms with E-state index in [2.05, 4.69) is 4.98 Å². The van der Waals surface area contributed by atoms with Crippen molar-refractivity contribution in [2.75, 3.05) is 0 Å². The van der Waals surface area contributed by atoms with Gasteiger partial charge in [-0.25, -0.2) is 4.98 Å². The summed E-state index contributed by atoms with van der Waals surface area (Å²) in [6.45, 7) is 0.330. The van der Waals surface area contributed by atoms with Crippen LogP contribution in [0.5, 0.6) is 5.75 Å². The zero-order chi connectivity index (χ0) is 13.7. The van der Waals surface area contributed by atoms with Crippen molar-refractivity contribution in [2.45, 2.75) is 12.5 Å². The highest BCUT2D eigenvalue weighted by molar-refractivity contribution is 6.32. The van der Waals surface area contributed by atoms with Crippen LogP contribution < -0.4 is 4.74 Å². The molecule has 0 aliphatic rings. The molecule has 0 aliphatic heterocycles. The molecule has 19 heavy (non-hydrogen) atoms. The van der Waals surface area contributed by atoms with Gasteiger partial charge in [0.15, 0.2) is 0 Å². The van der Waals surface area contributed by atoms with Crippen molar-refractivity contribution >= 4 is 23.2 Å². The summed E-state index contributed by atoms with van der Waals surface area (Å²) in [5, 5.41) is 9.28. The molecular weight excluding hydrogens is 283 g/mol. The number of hydrogen-bond donors (Lipinski definition) is 0. The Morgan fingerprint density at radius 2 is 2.05 bits per heavy atom. The summed E-state index contributed by atoms with van der Waals surface area (Å²) >= 11 is 11.8. The lowest BCUT2D eigenvalue weighted by Gasteiger charge is -2.09. The highest BCUT2D eigenvalue weighted by Gasteiger charge is 2.04. The van der Waals surface area contributed by atoms with Crippen LogP contribution >= 0.6 is 23.2 Å². The normalized spacial score (nSPS) is 9.95. The number of rotatable bonds is 4. The van der Waals surface area contributed by atoms with E-state index in [0.29, 0.717) is 29.0 Å². The number of nitriles is 1. The quantitative estimate of drug-likeness (QED) is 0.802. The summed E-state index contributed by atoms with van der Waals surface area (Å²) in [6.07, 6.45) is 1.58. The summed E-state index contributed by atoms with van der Waals surface area (Å²) in [6, 6.07) is 10.9. The lowest BCUT2D eigenvalue weighted by Crippen LogP contribution is -1.97. The Morgan fingerprint density at radius 1 is 1.21 bits per heavy atom. The largest absolute Gasteiger partial charge is 0.487 e. The maximum Gasteiger partial charge on any atom is 0.140 e. The zero-order valence-electron chi connectivity index (χ0n) is 9.94. The summed E-state index contributed by atoms with van der Waals surface area (Å²) in [5.41, 5.74) is 2.17. The predicted molar refractivity (Wildman–Crippen MR) is 74.3 cm³/mol. The molecule has 96 valence electrons. The molecule has 2 aromatic rings. The van der Waals surface area contributed by atoms with E-state index >= 15 is 0 Å². The molecule has 0 fully saturated rings. The summed E-state index contributed by atoms with van der Waals surface area (Å²) in [7, 11) is 0. The Kier molecular flexibility index (Phi) is 4.62. The SMILES string of the molecule is N#Cc1cc(COc2ccc(CCl)cc2Cl)ccn1. The molecule has 0 N–H and O–H groups in total. The second-order valence-electron chi connectivity index (χ2n) is 3.85. The van der Waals surface area contributed by atoms with Crippen molar-refractivity contribution < 1.29 is 4.74 Å². The minimum absolute atomic E-state index is 0.330. The molecule has 0 aliphatic carbocycles. The first-order valence-corrected chi connectivity index (χ1v) is 6.46. The molecule has 0 saturated heterocycles. The van der Waals surface area contributed by atoms with E-state index in [1.807, 2.05) is 12.1 Å². The van der Waals surface area contributed by atoms with Crippen LogP contribution in [0.2, 0.25) is 5.02 Å². The Labute approximate surface area is 121 Å². The summed E-state index contributed by atoms with van der Waals surface area (Å²) in [5.74, 6) is 1.00.